The topological polar surface area (TPSA) is 226 Å². The molecular weight excluding hydrogens is 826 g/mol. The highest BCUT2D eigenvalue weighted by Gasteiger charge is 2.51. The second-order valence-electron chi connectivity index (χ2n) is 18.2. The maximum atomic E-state index is 13.0. The third kappa shape index (κ3) is 30.6. The third-order valence-corrected chi connectivity index (χ3v) is 13.3. The smallest absolute Gasteiger partial charge is 0.393 e. The van der Waals surface area contributed by atoms with Gasteiger partial charge in [-0.05, 0) is 44.9 Å². The highest BCUT2D eigenvalue weighted by molar-refractivity contribution is 7.47. The fourth-order valence-corrected chi connectivity index (χ4v) is 9.09. The van der Waals surface area contributed by atoms with Crippen molar-refractivity contribution >= 4 is 13.7 Å². The number of phosphoric ester groups is 1. The van der Waals surface area contributed by atoms with Crippen LogP contribution in [0.4, 0.5) is 0 Å². The van der Waals surface area contributed by atoms with E-state index < -0.39 is 75.2 Å². The number of allylic oxidation sites excluding steroid dienone is 3. The fourth-order valence-electron chi connectivity index (χ4n) is 8.12. The van der Waals surface area contributed by atoms with Gasteiger partial charge in [-0.3, -0.25) is 13.8 Å². The Labute approximate surface area is 382 Å². The third-order valence-electron chi connectivity index (χ3n) is 12.3. The summed E-state index contributed by atoms with van der Waals surface area (Å²) >= 11 is 0. The van der Waals surface area contributed by atoms with Crippen molar-refractivity contribution in [2.75, 3.05) is 6.61 Å². The minimum absolute atomic E-state index is 0.249. The lowest BCUT2D eigenvalue weighted by Gasteiger charge is -2.41. The van der Waals surface area contributed by atoms with Gasteiger partial charge >= 0.3 is 7.82 Å². The largest absolute Gasteiger partial charge is 0.472 e. The first-order chi connectivity index (χ1) is 30.3. The van der Waals surface area contributed by atoms with E-state index in [1.165, 1.54) is 128 Å². The summed E-state index contributed by atoms with van der Waals surface area (Å²) in [7, 11) is -5.14. The Bertz CT molecular complexity index is 1180. The van der Waals surface area contributed by atoms with Gasteiger partial charge in [-0.2, -0.15) is 0 Å². The first-order valence-electron chi connectivity index (χ1n) is 25.4. The van der Waals surface area contributed by atoms with Gasteiger partial charge in [0.25, 0.3) is 0 Å². The van der Waals surface area contributed by atoms with Crippen LogP contribution in [0.2, 0.25) is 0 Å². The van der Waals surface area contributed by atoms with E-state index in [2.05, 4.69) is 31.3 Å². The first kappa shape index (κ1) is 59.8. The fraction of sp³-hybridized carbons (Fsp3) is 0.898. The number of hydrogen-bond acceptors (Lipinski definition) is 11. The van der Waals surface area contributed by atoms with Crippen molar-refractivity contribution < 1.29 is 59.0 Å². The van der Waals surface area contributed by atoms with Crippen LogP contribution in [0, 0.1) is 0 Å². The molecule has 1 amide bonds. The summed E-state index contributed by atoms with van der Waals surface area (Å²) in [5.41, 5.74) is 0. The standard InChI is InChI=1S/C49H94NO12P/c1-3-5-7-9-11-13-15-17-19-20-21-22-23-24-26-28-30-32-34-36-40(51)38-43(53)50-41(39-61-63(59,60)62-49-47(57)45(55)44(54)46(56)48(49)58)42(52)37-35-33-31-29-27-25-18-16-14-12-10-8-6-4-2/h22-23,35,37,40-42,44-49,51-52,54-58H,3-21,24-34,36,38-39H2,1-2H3,(H,50,53)(H,59,60)/b23-22-,37-35+. The quantitative estimate of drug-likeness (QED) is 0.0159. The molecule has 1 aliphatic carbocycles. The van der Waals surface area contributed by atoms with Crippen molar-refractivity contribution in [2.45, 2.75) is 274 Å². The van der Waals surface area contributed by atoms with Gasteiger partial charge in [-0.25, -0.2) is 4.57 Å². The number of rotatable bonds is 42. The summed E-state index contributed by atoms with van der Waals surface area (Å²) < 4.78 is 22.9. The van der Waals surface area contributed by atoms with Gasteiger partial charge < -0.3 is 46.0 Å². The molecule has 63 heavy (non-hydrogen) atoms. The monoisotopic (exact) mass is 920 g/mol. The molecule has 13 nitrogen and oxygen atoms in total. The maximum Gasteiger partial charge on any atom is 0.472 e. The number of hydrogen-bond donors (Lipinski definition) is 9. The van der Waals surface area contributed by atoms with Crippen LogP contribution in [0.3, 0.4) is 0 Å². The summed E-state index contributed by atoms with van der Waals surface area (Å²) in [6.45, 7) is 3.75. The second kappa shape index (κ2) is 38.8. The van der Waals surface area contributed by atoms with Crippen LogP contribution in [0.1, 0.15) is 219 Å². The molecule has 1 aliphatic rings. The van der Waals surface area contributed by atoms with E-state index in [0.717, 1.165) is 64.2 Å². The molecule has 8 atom stereocenters. The molecule has 0 aromatic heterocycles. The van der Waals surface area contributed by atoms with Crippen LogP contribution in [-0.4, -0.2) is 108 Å². The molecule has 9 N–H and O–H groups in total. The lowest BCUT2D eigenvalue weighted by molar-refractivity contribution is -0.220. The van der Waals surface area contributed by atoms with E-state index in [-0.39, 0.29) is 6.42 Å². The van der Waals surface area contributed by atoms with Gasteiger partial charge in [0.1, 0.15) is 36.6 Å². The predicted molar refractivity (Wildman–Crippen MR) is 252 cm³/mol. The zero-order chi connectivity index (χ0) is 46.6. The molecule has 1 saturated carbocycles. The van der Waals surface area contributed by atoms with Gasteiger partial charge in [-0.15, -0.1) is 0 Å². The summed E-state index contributed by atoms with van der Waals surface area (Å²) in [5.74, 6) is -0.596. The Kier molecular flexibility index (Phi) is 36.9. The van der Waals surface area contributed by atoms with E-state index >= 15 is 0 Å². The summed E-state index contributed by atoms with van der Waals surface area (Å²) in [5, 5.41) is 74.6. The summed E-state index contributed by atoms with van der Waals surface area (Å²) in [6.07, 6.45) is 29.8. The zero-order valence-electron chi connectivity index (χ0n) is 39.5. The number of amides is 1. The molecule has 0 saturated heterocycles. The first-order valence-corrected chi connectivity index (χ1v) is 26.9. The molecule has 14 heteroatoms. The van der Waals surface area contributed by atoms with E-state index in [9.17, 15) is 50.0 Å². The van der Waals surface area contributed by atoms with E-state index in [0.29, 0.717) is 12.8 Å². The van der Waals surface area contributed by atoms with Crippen molar-refractivity contribution in [1.29, 1.82) is 0 Å². The van der Waals surface area contributed by atoms with Gasteiger partial charge in [-0.1, -0.05) is 192 Å². The van der Waals surface area contributed by atoms with Crippen molar-refractivity contribution in [2.24, 2.45) is 0 Å². The summed E-state index contributed by atoms with van der Waals surface area (Å²) in [6, 6.07) is -1.24. The van der Waals surface area contributed by atoms with Crippen molar-refractivity contribution in [3.05, 3.63) is 24.3 Å². The van der Waals surface area contributed by atoms with Crippen molar-refractivity contribution in [3.63, 3.8) is 0 Å². The van der Waals surface area contributed by atoms with Crippen LogP contribution in [0.15, 0.2) is 24.3 Å². The van der Waals surface area contributed by atoms with Crippen LogP contribution in [0.5, 0.6) is 0 Å². The molecule has 0 spiro atoms. The predicted octanol–water partition coefficient (Wildman–Crippen LogP) is 9.15. The Hall–Kier alpha value is -1.22. The van der Waals surface area contributed by atoms with Crippen LogP contribution >= 0.6 is 7.82 Å². The van der Waals surface area contributed by atoms with Gasteiger partial charge in [0, 0.05) is 0 Å². The number of aliphatic hydroxyl groups excluding tert-OH is 7. The molecule has 0 aromatic rings. The highest BCUT2D eigenvalue weighted by atomic mass is 31.2. The van der Waals surface area contributed by atoms with Gasteiger partial charge in [0.15, 0.2) is 0 Å². The average molecular weight is 920 g/mol. The Morgan fingerprint density at radius 1 is 0.556 bits per heavy atom. The molecule has 1 fully saturated rings. The molecule has 0 heterocycles. The zero-order valence-corrected chi connectivity index (χ0v) is 40.4. The lowest BCUT2D eigenvalue weighted by Crippen LogP contribution is -2.64. The Balaban J connectivity index is 2.48. The number of aliphatic hydroxyl groups is 7. The molecule has 0 bridgehead atoms. The number of carbonyl (C=O) groups is 1. The number of unbranched alkanes of at least 4 members (excludes halogenated alkanes) is 27. The molecule has 372 valence electrons. The molecular formula is C49H94NO12P. The minimum atomic E-state index is -5.14. The Morgan fingerprint density at radius 3 is 1.35 bits per heavy atom. The van der Waals surface area contributed by atoms with E-state index in [1.807, 2.05) is 0 Å². The number of nitrogens with one attached hydrogen (secondary N) is 1. The minimum Gasteiger partial charge on any atom is -0.393 e. The van der Waals surface area contributed by atoms with Crippen molar-refractivity contribution in [3.8, 4) is 0 Å². The molecule has 0 aliphatic heterocycles. The van der Waals surface area contributed by atoms with Crippen LogP contribution in [0.25, 0.3) is 0 Å². The average Bonchev–Trinajstić information content (AvgIpc) is 3.26. The highest BCUT2D eigenvalue weighted by Crippen LogP contribution is 2.47. The molecule has 0 radical (unpaired) electrons. The Morgan fingerprint density at radius 2 is 0.921 bits per heavy atom. The van der Waals surface area contributed by atoms with Crippen LogP contribution in [-0.2, 0) is 18.4 Å². The van der Waals surface area contributed by atoms with Gasteiger partial charge in [0.2, 0.25) is 5.91 Å². The number of carbonyl (C=O) groups excluding carboxylic acids is 1. The van der Waals surface area contributed by atoms with Gasteiger partial charge in [0.05, 0.1) is 31.3 Å². The maximum absolute atomic E-state index is 13.0. The normalized spacial score (nSPS) is 23.0. The lowest BCUT2D eigenvalue weighted by atomic mass is 9.85. The summed E-state index contributed by atoms with van der Waals surface area (Å²) in [4.78, 5) is 23.5. The van der Waals surface area contributed by atoms with E-state index in [4.69, 9.17) is 9.05 Å². The molecule has 8 unspecified atom stereocenters. The van der Waals surface area contributed by atoms with Crippen molar-refractivity contribution in [1.82, 2.24) is 5.32 Å². The molecule has 0 aromatic carbocycles. The second-order valence-corrected chi connectivity index (χ2v) is 19.6. The SMILES string of the molecule is CCCCCCCCCCCC/C=C\CCCCCCCC(O)CC(=O)NC(COP(=O)(O)OC1C(O)C(O)C(O)C(O)C1O)C(O)/C=C/CCCCCCCCCCCCCC. The van der Waals surface area contributed by atoms with E-state index in [1.54, 1.807) is 6.08 Å². The molecule has 1 rings (SSSR count). The van der Waals surface area contributed by atoms with Crippen LogP contribution < -0.4 is 5.32 Å². The number of phosphoric acid groups is 1.